The summed E-state index contributed by atoms with van der Waals surface area (Å²) in [6, 6.07) is 9.02. The Morgan fingerprint density at radius 2 is 1.61 bits per heavy atom. The Labute approximate surface area is 209 Å². The van der Waals surface area contributed by atoms with E-state index >= 15 is 0 Å². The van der Waals surface area contributed by atoms with Crippen molar-refractivity contribution in [3.8, 4) is 17.2 Å². The fraction of sp³-hybridized carbons (Fsp3) is 0.240. The van der Waals surface area contributed by atoms with Crippen LogP contribution in [0.5, 0.6) is 17.2 Å². The number of sulfone groups is 1. The molecule has 0 amide bonds. The van der Waals surface area contributed by atoms with E-state index in [9.17, 15) is 18.5 Å². The molecule has 11 heteroatoms. The Bertz CT molecular complexity index is 1330. The zero-order valence-corrected chi connectivity index (χ0v) is 21.1. The van der Waals surface area contributed by atoms with Crippen LogP contribution in [0.2, 0.25) is 0 Å². The molecule has 0 saturated carbocycles. The summed E-state index contributed by atoms with van der Waals surface area (Å²) in [4.78, 5) is 14.9. The molecule has 0 aromatic heterocycles. The molecule has 190 valence electrons. The van der Waals surface area contributed by atoms with E-state index in [1.807, 2.05) is 0 Å². The fourth-order valence-electron chi connectivity index (χ4n) is 3.51. The molecule has 0 spiro atoms. The molecule has 0 bridgehead atoms. The number of ether oxygens (including phenoxy) is 4. The third-order valence-corrected chi connectivity index (χ3v) is 6.60. The number of non-ortho nitro benzene ring substituents is 1. The first-order chi connectivity index (χ1) is 17.2. The Balaban J connectivity index is 1.83. The number of hydrogen-bond acceptors (Lipinski definition) is 9. The molecule has 0 atom stereocenters. The predicted molar refractivity (Wildman–Crippen MR) is 137 cm³/mol. The Morgan fingerprint density at radius 3 is 2.14 bits per heavy atom. The van der Waals surface area contributed by atoms with Crippen molar-refractivity contribution in [3.05, 3.63) is 81.0 Å². The van der Waals surface area contributed by atoms with Gasteiger partial charge >= 0.3 is 0 Å². The van der Waals surface area contributed by atoms with E-state index in [2.05, 4.69) is 4.99 Å². The zero-order valence-electron chi connectivity index (χ0n) is 20.3. The van der Waals surface area contributed by atoms with E-state index in [0.29, 0.717) is 45.5 Å². The van der Waals surface area contributed by atoms with Crippen molar-refractivity contribution >= 4 is 33.0 Å². The molecule has 2 aromatic carbocycles. The van der Waals surface area contributed by atoms with Crippen LogP contribution in [0.15, 0.2) is 70.3 Å². The molecule has 10 nitrogen and oxygen atoms in total. The van der Waals surface area contributed by atoms with E-state index in [1.165, 1.54) is 58.8 Å². The van der Waals surface area contributed by atoms with Gasteiger partial charge in [0, 0.05) is 36.1 Å². The van der Waals surface area contributed by atoms with Crippen molar-refractivity contribution in [3.63, 3.8) is 0 Å². The Hall–Kier alpha value is -4.12. The third-order valence-electron chi connectivity index (χ3n) is 5.28. The van der Waals surface area contributed by atoms with E-state index in [0.717, 1.165) is 5.41 Å². The number of nitro groups is 1. The van der Waals surface area contributed by atoms with E-state index < -0.39 is 14.8 Å². The molecule has 0 saturated heterocycles. The van der Waals surface area contributed by atoms with Gasteiger partial charge in [-0.2, -0.15) is 0 Å². The van der Waals surface area contributed by atoms with Crippen molar-refractivity contribution in [2.75, 3.05) is 34.2 Å². The minimum atomic E-state index is -3.67. The molecule has 0 radical (unpaired) electrons. The second kappa shape index (κ2) is 11.5. The maximum atomic E-state index is 12.9. The van der Waals surface area contributed by atoms with Crippen LogP contribution in [-0.4, -0.2) is 53.2 Å². The maximum absolute atomic E-state index is 12.9. The summed E-state index contributed by atoms with van der Waals surface area (Å²) in [6.07, 6.45) is 5.00. The quantitative estimate of drug-likeness (QED) is 0.331. The van der Waals surface area contributed by atoms with Crippen LogP contribution >= 0.6 is 0 Å². The minimum absolute atomic E-state index is 0.0475. The third kappa shape index (κ3) is 6.51. The van der Waals surface area contributed by atoms with Gasteiger partial charge in [-0.1, -0.05) is 6.08 Å². The first kappa shape index (κ1) is 26.5. The highest BCUT2D eigenvalue weighted by molar-refractivity contribution is 7.94. The number of nitro benzene ring substituents is 1. The molecule has 2 aromatic rings. The minimum Gasteiger partial charge on any atom is -0.496 e. The number of hydrogen-bond donors (Lipinski definition) is 0. The molecule has 36 heavy (non-hydrogen) atoms. The highest BCUT2D eigenvalue weighted by atomic mass is 32.2. The van der Waals surface area contributed by atoms with Crippen LogP contribution in [-0.2, 0) is 14.6 Å². The number of benzene rings is 2. The number of methoxy groups -OCH3 is 4. The second-order valence-electron chi connectivity index (χ2n) is 7.62. The molecule has 0 aliphatic heterocycles. The lowest BCUT2D eigenvalue weighted by molar-refractivity contribution is -0.384. The fourth-order valence-corrected chi connectivity index (χ4v) is 4.67. The summed E-state index contributed by atoms with van der Waals surface area (Å²) in [7, 11) is 2.27. The molecule has 0 heterocycles. The van der Waals surface area contributed by atoms with Crippen LogP contribution in [0.1, 0.15) is 12.0 Å². The standard InChI is InChI=1S/C25H26N2O8S/c1-32-20-14-24(34-3)21(25(15-20)35-4)11-12-36(30,31)16-17-5-10-23(33-2)22(13-17)26-18-6-8-19(9-7-18)27(28)29/h5-12,14-15H,13,16H2,1-4H3/b12-11+,26-22?. The summed E-state index contributed by atoms with van der Waals surface area (Å²) in [5, 5.41) is 12.0. The van der Waals surface area contributed by atoms with Crippen molar-refractivity contribution in [1.29, 1.82) is 0 Å². The molecule has 0 unspecified atom stereocenters. The molecule has 3 rings (SSSR count). The average Bonchev–Trinajstić information content (AvgIpc) is 2.87. The van der Waals surface area contributed by atoms with Gasteiger partial charge in [0.2, 0.25) is 0 Å². The second-order valence-corrected chi connectivity index (χ2v) is 9.51. The molecule has 1 aliphatic rings. The van der Waals surface area contributed by atoms with E-state index in [4.69, 9.17) is 18.9 Å². The average molecular weight is 515 g/mol. The molecule has 0 N–H and O–H groups in total. The lowest BCUT2D eigenvalue weighted by atomic mass is 10.0. The Kier molecular flexibility index (Phi) is 8.49. The van der Waals surface area contributed by atoms with Crippen LogP contribution in [0.25, 0.3) is 6.08 Å². The first-order valence-corrected chi connectivity index (χ1v) is 12.4. The number of nitrogens with zero attached hydrogens (tertiary/aromatic N) is 2. The smallest absolute Gasteiger partial charge is 0.269 e. The van der Waals surface area contributed by atoms with Gasteiger partial charge in [0.15, 0.2) is 9.84 Å². The molecule has 0 fully saturated rings. The van der Waals surface area contributed by atoms with Crippen LogP contribution < -0.4 is 14.2 Å². The molecular weight excluding hydrogens is 488 g/mol. The van der Waals surface area contributed by atoms with Crippen molar-refractivity contribution in [2.45, 2.75) is 6.42 Å². The van der Waals surface area contributed by atoms with Crippen LogP contribution in [0.3, 0.4) is 0 Å². The van der Waals surface area contributed by atoms with Gasteiger partial charge in [-0.25, -0.2) is 13.4 Å². The topological polar surface area (TPSA) is 127 Å². The summed E-state index contributed by atoms with van der Waals surface area (Å²) < 4.78 is 47.2. The van der Waals surface area contributed by atoms with Gasteiger partial charge in [-0.05, 0) is 29.9 Å². The highest BCUT2D eigenvalue weighted by Crippen LogP contribution is 2.35. The van der Waals surface area contributed by atoms with E-state index in [1.54, 1.807) is 24.3 Å². The SMILES string of the molecule is COC1=CC=C(CS(=O)(=O)/C=C/c2c(OC)cc(OC)cc2OC)CC1=Nc1ccc([N+](=O)[O-])cc1. The largest absolute Gasteiger partial charge is 0.496 e. The first-order valence-electron chi connectivity index (χ1n) is 10.7. The summed E-state index contributed by atoms with van der Waals surface area (Å²) in [6.45, 7) is 0. The zero-order chi connectivity index (χ0) is 26.3. The van der Waals surface area contributed by atoms with Gasteiger partial charge in [0.05, 0.1) is 56.1 Å². The van der Waals surface area contributed by atoms with Gasteiger partial charge in [0.1, 0.15) is 23.0 Å². The van der Waals surface area contributed by atoms with Crippen molar-refractivity contribution in [1.82, 2.24) is 0 Å². The lowest BCUT2D eigenvalue weighted by Gasteiger charge is -2.16. The monoisotopic (exact) mass is 514 g/mol. The van der Waals surface area contributed by atoms with Gasteiger partial charge in [0.25, 0.3) is 5.69 Å². The summed E-state index contributed by atoms with van der Waals surface area (Å²) in [5.41, 5.74) is 2.02. The predicted octanol–water partition coefficient (Wildman–Crippen LogP) is 4.64. The maximum Gasteiger partial charge on any atom is 0.269 e. The highest BCUT2D eigenvalue weighted by Gasteiger charge is 2.20. The summed E-state index contributed by atoms with van der Waals surface area (Å²) in [5.74, 6) is 1.56. The van der Waals surface area contributed by atoms with Gasteiger partial charge in [-0.15, -0.1) is 0 Å². The van der Waals surface area contributed by atoms with Crippen LogP contribution in [0, 0.1) is 10.1 Å². The lowest BCUT2D eigenvalue weighted by Crippen LogP contribution is -2.15. The Morgan fingerprint density at radius 1 is 0.972 bits per heavy atom. The number of allylic oxidation sites excluding steroid dienone is 3. The van der Waals surface area contributed by atoms with Gasteiger partial charge in [-0.3, -0.25) is 10.1 Å². The van der Waals surface area contributed by atoms with Crippen LogP contribution in [0.4, 0.5) is 11.4 Å². The normalized spacial score (nSPS) is 14.8. The molecule has 1 aliphatic carbocycles. The van der Waals surface area contributed by atoms with Crippen molar-refractivity contribution in [2.24, 2.45) is 4.99 Å². The van der Waals surface area contributed by atoms with E-state index in [-0.39, 0.29) is 17.9 Å². The number of rotatable bonds is 10. The number of aliphatic imine (C=N–C) groups is 1. The summed E-state index contributed by atoms with van der Waals surface area (Å²) >= 11 is 0. The molecular formula is C25H26N2O8S. The van der Waals surface area contributed by atoms with Crippen molar-refractivity contribution < 1.29 is 32.3 Å². The van der Waals surface area contributed by atoms with Gasteiger partial charge < -0.3 is 18.9 Å².